The first-order chi connectivity index (χ1) is 6.15. The molecule has 1 rings (SSSR count). The number of Topliss-reactive ketones (excluding diaryl/α,β-unsaturated/α-hetero) is 1. The minimum atomic E-state index is -0.215. The lowest BCUT2D eigenvalue weighted by molar-refractivity contribution is -0.140. The Morgan fingerprint density at radius 3 is 2.85 bits per heavy atom. The summed E-state index contributed by atoms with van der Waals surface area (Å²) < 4.78 is 5.48. The van der Waals surface area contributed by atoms with Gasteiger partial charge in [-0.05, 0) is 18.3 Å². The largest absolute Gasteiger partial charge is 0.370 e. The van der Waals surface area contributed by atoms with Crippen molar-refractivity contribution in [1.29, 1.82) is 0 Å². The van der Waals surface area contributed by atoms with Crippen molar-refractivity contribution in [3.8, 4) is 0 Å². The fraction of sp³-hybridized carbons (Fsp3) is 0.727. The molecule has 0 radical (unpaired) electrons. The number of ketones is 1. The maximum absolute atomic E-state index is 11.5. The van der Waals surface area contributed by atoms with E-state index < -0.39 is 0 Å². The molecule has 13 heavy (non-hydrogen) atoms. The van der Waals surface area contributed by atoms with Crippen molar-refractivity contribution in [2.24, 2.45) is 11.8 Å². The van der Waals surface area contributed by atoms with Crippen LogP contribution in [-0.4, -0.2) is 18.5 Å². The molecule has 0 aromatic rings. The zero-order valence-corrected chi connectivity index (χ0v) is 8.45. The van der Waals surface area contributed by atoms with Crippen LogP contribution in [0.3, 0.4) is 0 Å². The van der Waals surface area contributed by atoms with Gasteiger partial charge in [-0.25, -0.2) is 0 Å². The van der Waals surface area contributed by atoms with E-state index in [2.05, 4.69) is 20.4 Å². The molecule has 1 aliphatic heterocycles. The van der Waals surface area contributed by atoms with Gasteiger partial charge in [0.15, 0.2) is 5.78 Å². The van der Waals surface area contributed by atoms with Gasteiger partial charge in [0.2, 0.25) is 0 Å². The van der Waals surface area contributed by atoms with E-state index in [1.54, 1.807) is 6.08 Å². The molecule has 1 aliphatic rings. The predicted molar refractivity (Wildman–Crippen MR) is 52.5 cm³/mol. The van der Waals surface area contributed by atoms with Crippen molar-refractivity contribution < 1.29 is 9.53 Å². The van der Waals surface area contributed by atoms with Gasteiger partial charge in [0.25, 0.3) is 0 Å². The lowest BCUT2D eigenvalue weighted by atomic mass is 9.87. The van der Waals surface area contributed by atoms with E-state index in [0.717, 1.165) is 6.61 Å². The van der Waals surface area contributed by atoms with Crippen LogP contribution in [0.15, 0.2) is 12.7 Å². The van der Waals surface area contributed by atoms with Crippen LogP contribution in [0.4, 0.5) is 0 Å². The first-order valence-corrected chi connectivity index (χ1v) is 4.90. The Hall–Kier alpha value is -0.630. The van der Waals surface area contributed by atoms with Crippen LogP contribution < -0.4 is 0 Å². The molecule has 2 heteroatoms. The maximum Gasteiger partial charge on any atom is 0.162 e. The molecular weight excluding hydrogens is 164 g/mol. The molecule has 1 fully saturated rings. The van der Waals surface area contributed by atoms with Gasteiger partial charge in [0.05, 0.1) is 6.61 Å². The second kappa shape index (κ2) is 4.56. The second-order valence-electron chi connectivity index (χ2n) is 4.02. The average molecular weight is 182 g/mol. The van der Waals surface area contributed by atoms with Crippen molar-refractivity contribution in [3.63, 3.8) is 0 Å². The standard InChI is InChI=1S/C11H18O2/c1-4-5-11-10(12)6-9(7-13-11)8(2)3/h4,8-9,11H,1,5-7H2,2-3H3/t9-,11-/m1/s1. The van der Waals surface area contributed by atoms with Crippen molar-refractivity contribution in [3.05, 3.63) is 12.7 Å². The van der Waals surface area contributed by atoms with Gasteiger partial charge in [-0.15, -0.1) is 6.58 Å². The molecule has 0 unspecified atom stereocenters. The number of hydrogen-bond donors (Lipinski definition) is 0. The molecule has 1 saturated heterocycles. The summed E-state index contributed by atoms with van der Waals surface area (Å²) in [6.45, 7) is 8.60. The zero-order chi connectivity index (χ0) is 9.84. The second-order valence-corrected chi connectivity index (χ2v) is 4.02. The number of ether oxygens (including phenoxy) is 1. The fourth-order valence-electron chi connectivity index (χ4n) is 1.56. The molecule has 0 spiro atoms. The van der Waals surface area contributed by atoms with Gasteiger partial charge in [-0.1, -0.05) is 19.9 Å². The lowest BCUT2D eigenvalue weighted by Crippen LogP contribution is -2.36. The van der Waals surface area contributed by atoms with Crippen LogP contribution in [0.5, 0.6) is 0 Å². The van der Waals surface area contributed by atoms with Crippen LogP contribution in [0, 0.1) is 11.8 Å². The third-order valence-corrected chi connectivity index (χ3v) is 2.66. The van der Waals surface area contributed by atoms with Crippen LogP contribution >= 0.6 is 0 Å². The Labute approximate surface area is 80.0 Å². The van der Waals surface area contributed by atoms with Gasteiger partial charge < -0.3 is 4.74 Å². The summed E-state index contributed by atoms with van der Waals surface area (Å²) >= 11 is 0. The summed E-state index contributed by atoms with van der Waals surface area (Å²) in [5.41, 5.74) is 0. The van der Waals surface area contributed by atoms with E-state index in [0.29, 0.717) is 24.7 Å². The first kappa shape index (κ1) is 10.5. The minimum Gasteiger partial charge on any atom is -0.370 e. The van der Waals surface area contributed by atoms with Crippen LogP contribution in [0.25, 0.3) is 0 Å². The molecular formula is C11H18O2. The summed E-state index contributed by atoms with van der Waals surface area (Å²) in [6, 6.07) is 0. The summed E-state index contributed by atoms with van der Waals surface area (Å²) in [5.74, 6) is 1.19. The molecule has 0 saturated carbocycles. The molecule has 0 N–H and O–H groups in total. The zero-order valence-electron chi connectivity index (χ0n) is 8.45. The third-order valence-electron chi connectivity index (χ3n) is 2.66. The van der Waals surface area contributed by atoms with Gasteiger partial charge >= 0.3 is 0 Å². The summed E-state index contributed by atoms with van der Waals surface area (Å²) in [6.07, 6.45) is 2.87. The van der Waals surface area contributed by atoms with Gasteiger partial charge in [-0.2, -0.15) is 0 Å². The fourth-order valence-corrected chi connectivity index (χ4v) is 1.56. The molecule has 0 aromatic carbocycles. The highest BCUT2D eigenvalue weighted by molar-refractivity contribution is 5.84. The quantitative estimate of drug-likeness (QED) is 0.625. The van der Waals surface area contributed by atoms with Gasteiger partial charge in [0, 0.05) is 6.42 Å². The number of hydrogen-bond acceptors (Lipinski definition) is 2. The summed E-state index contributed by atoms with van der Waals surface area (Å²) in [4.78, 5) is 11.5. The molecule has 0 bridgehead atoms. The van der Waals surface area contributed by atoms with E-state index in [-0.39, 0.29) is 11.9 Å². The smallest absolute Gasteiger partial charge is 0.162 e. The summed E-state index contributed by atoms with van der Waals surface area (Å²) in [7, 11) is 0. The van der Waals surface area contributed by atoms with E-state index >= 15 is 0 Å². The maximum atomic E-state index is 11.5. The van der Waals surface area contributed by atoms with Gasteiger partial charge in [-0.3, -0.25) is 4.79 Å². The van der Waals surface area contributed by atoms with Crippen molar-refractivity contribution in [2.75, 3.05) is 6.61 Å². The number of carbonyl (C=O) groups is 1. The highest BCUT2D eigenvalue weighted by Crippen LogP contribution is 2.24. The van der Waals surface area contributed by atoms with Crippen LogP contribution in [0.1, 0.15) is 26.7 Å². The normalized spacial score (nSPS) is 29.3. The van der Waals surface area contributed by atoms with Crippen LogP contribution in [-0.2, 0) is 9.53 Å². The number of rotatable bonds is 3. The van der Waals surface area contributed by atoms with E-state index in [4.69, 9.17) is 4.74 Å². The van der Waals surface area contributed by atoms with E-state index in [9.17, 15) is 4.79 Å². The SMILES string of the molecule is C=CC[C@H]1OC[C@H](C(C)C)CC1=O. The monoisotopic (exact) mass is 182 g/mol. The highest BCUT2D eigenvalue weighted by atomic mass is 16.5. The third kappa shape index (κ3) is 2.66. The number of carbonyl (C=O) groups excluding carboxylic acids is 1. The molecule has 1 heterocycles. The Kier molecular flexibility index (Phi) is 3.67. The minimum absolute atomic E-state index is 0.215. The topological polar surface area (TPSA) is 26.3 Å². The predicted octanol–water partition coefficient (Wildman–Crippen LogP) is 2.19. The first-order valence-electron chi connectivity index (χ1n) is 4.90. The van der Waals surface area contributed by atoms with Crippen molar-refractivity contribution in [1.82, 2.24) is 0 Å². The Balaban J connectivity index is 2.46. The average Bonchev–Trinajstić information content (AvgIpc) is 2.08. The van der Waals surface area contributed by atoms with Gasteiger partial charge in [0.1, 0.15) is 6.10 Å². The molecule has 2 atom stereocenters. The summed E-state index contributed by atoms with van der Waals surface area (Å²) in [5, 5.41) is 0. The molecule has 74 valence electrons. The Bertz CT molecular complexity index is 196. The lowest BCUT2D eigenvalue weighted by Gasteiger charge is -2.29. The molecule has 0 aliphatic carbocycles. The van der Waals surface area contributed by atoms with E-state index in [1.807, 2.05) is 0 Å². The van der Waals surface area contributed by atoms with Crippen LogP contribution in [0.2, 0.25) is 0 Å². The molecule has 2 nitrogen and oxygen atoms in total. The Morgan fingerprint density at radius 2 is 2.38 bits per heavy atom. The molecule has 0 aromatic heterocycles. The molecule has 0 amide bonds. The Morgan fingerprint density at radius 1 is 1.69 bits per heavy atom. The highest BCUT2D eigenvalue weighted by Gasteiger charge is 2.29. The van der Waals surface area contributed by atoms with Crippen molar-refractivity contribution >= 4 is 5.78 Å². The van der Waals surface area contributed by atoms with Crippen molar-refractivity contribution in [2.45, 2.75) is 32.8 Å². The van der Waals surface area contributed by atoms with E-state index in [1.165, 1.54) is 0 Å².